The third-order valence-corrected chi connectivity index (χ3v) is 3.70. The van der Waals surface area contributed by atoms with Crippen LogP contribution >= 0.6 is 11.6 Å². The Balaban J connectivity index is 2.69. The van der Waals surface area contributed by atoms with Gasteiger partial charge in [-0.15, -0.1) is 11.6 Å². The molecule has 1 aliphatic heterocycles. The Morgan fingerprint density at radius 2 is 2.21 bits per heavy atom. The van der Waals surface area contributed by atoms with Crippen molar-refractivity contribution >= 4 is 21.6 Å². The third kappa shape index (κ3) is 2.53. The highest BCUT2D eigenvalue weighted by molar-refractivity contribution is 7.89. The Morgan fingerprint density at radius 3 is 2.71 bits per heavy atom. The fourth-order valence-electron chi connectivity index (χ4n) is 1.13. The second kappa shape index (κ2) is 4.69. The SMILES string of the molecule is O=S(=O)(C(F)F)N1CCOC(CCl)C1. The number of sulfonamides is 1. The molecule has 1 rings (SSSR count). The fourth-order valence-corrected chi connectivity index (χ4v) is 2.24. The Kier molecular flexibility index (Phi) is 4.05. The van der Waals surface area contributed by atoms with Crippen LogP contribution in [0.1, 0.15) is 0 Å². The number of nitrogens with zero attached hydrogens (tertiary/aromatic N) is 1. The van der Waals surface area contributed by atoms with Crippen LogP contribution in [-0.2, 0) is 14.8 Å². The van der Waals surface area contributed by atoms with E-state index in [0.717, 1.165) is 0 Å². The zero-order valence-electron chi connectivity index (χ0n) is 7.20. The van der Waals surface area contributed by atoms with Gasteiger partial charge in [0.05, 0.1) is 12.7 Å². The number of alkyl halides is 3. The van der Waals surface area contributed by atoms with E-state index in [4.69, 9.17) is 16.3 Å². The van der Waals surface area contributed by atoms with Gasteiger partial charge >= 0.3 is 5.76 Å². The molecule has 1 aliphatic rings. The number of rotatable bonds is 3. The van der Waals surface area contributed by atoms with Crippen LogP contribution < -0.4 is 0 Å². The summed E-state index contributed by atoms with van der Waals surface area (Å²) in [5.74, 6) is -3.29. The number of halogens is 3. The van der Waals surface area contributed by atoms with E-state index >= 15 is 0 Å². The van der Waals surface area contributed by atoms with Crippen molar-refractivity contribution in [3.63, 3.8) is 0 Å². The lowest BCUT2D eigenvalue weighted by atomic mass is 10.3. The summed E-state index contributed by atoms with van der Waals surface area (Å²) in [5.41, 5.74) is 0. The van der Waals surface area contributed by atoms with E-state index in [2.05, 4.69) is 0 Å². The minimum absolute atomic E-state index is 0.0416. The molecule has 1 atom stereocenters. The summed E-state index contributed by atoms with van der Waals surface area (Å²) in [4.78, 5) is 0. The van der Waals surface area contributed by atoms with Gasteiger partial charge in [-0.3, -0.25) is 0 Å². The van der Waals surface area contributed by atoms with E-state index in [-0.39, 0.29) is 25.6 Å². The van der Waals surface area contributed by atoms with Crippen LogP contribution in [0.2, 0.25) is 0 Å². The molecule has 0 aromatic heterocycles. The number of hydrogen-bond acceptors (Lipinski definition) is 3. The van der Waals surface area contributed by atoms with E-state index in [1.54, 1.807) is 0 Å². The van der Waals surface area contributed by atoms with Gasteiger partial charge < -0.3 is 4.74 Å². The second-order valence-electron chi connectivity index (χ2n) is 2.81. The highest BCUT2D eigenvalue weighted by Gasteiger charge is 2.35. The third-order valence-electron chi connectivity index (χ3n) is 1.86. The summed E-state index contributed by atoms with van der Waals surface area (Å²) in [6.45, 7) is -0.0421. The molecule has 0 aromatic rings. The molecule has 0 bridgehead atoms. The Morgan fingerprint density at radius 1 is 1.57 bits per heavy atom. The summed E-state index contributed by atoms with van der Waals surface area (Å²) < 4.78 is 52.1. The molecule has 1 saturated heterocycles. The molecule has 0 N–H and O–H groups in total. The van der Waals surface area contributed by atoms with Crippen molar-refractivity contribution in [2.24, 2.45) is 0 Å². The zero-order valence-corrected chi connectivity index (χ0v) is 8.77. The monoisotopic (exact) mass is 249 g/mol. The first-order chi connectivity index (χ1) is 6.48. The number of hydrogen-bond donors (Lipinski definition) is 0. The van der Waals surface area contributed by atoms with Crippen LogP contribution in [0.5, 0.6) is 0 Å². The lowest BCUT2D eigenvalue weighted by Crippen LogP contribution is -2.47. The van der Waals surface area contributed by atoms with Gasteiger partial charge in [0.2, 0.25) is 0 Å². The van der Waals surface area contributed by atoms with Crippen molar-refractivity contribution in [1.29, 1.82) is 0 Å². The topological polar surface area (TPSA) is 46.6 Å². The van der Waals surface area contributed by atoms with Crippen LogP contribution in [0.25, 0.3) is 0 Å². The van der Waals surface area contributed by atoms with Crippen LogP contribution in [0.15, 0.2) is 0 Å². The average Bonchev–Trinajstić information content (AvgIpc) is 2.17. The number of morpholine rings is 1. The normalized spacial score (nSPS) is 25.6. The highest BCUT2D eigenvalue weighted by atomic mass is 35.5. The van der Waals surface area contributed by atoms with Gasteiger partial charge in [0, 0.05) is 19.0 Å². The first-order valence-corrected chi connectivity index (χ1v) is 5.97. The standard InChI is InChI=1S/C6H10ClF2NO3S/c7-3-5-4-10(1-2-13-5)14(11,12)6(8)9/h5-6H,1-4H2. The van der Waals surface area contributed by atoms with E-state index in [9.17, 15) is 17.2 Å². The van der Waals surface area contributed by atoms with Crippen molar-refractivity contribution in [2.45, 2.75) is 11.9 Å². The molecular weight excluding hydrogens is 240 g/mol. The van der Waals surface area contributed by atoms with Crippen LogP contribution in [0.3, 0.4) is 0 Å². The van der Waals surface area contributed by atoms with Gasteiger partial charge in [0.15, 0.2) is 0 Å². The molecular formula is C6H10ClF2NO3S. The van der Waals surface area contributed by atoms with Crippen LogP contribution in [-0.4, -0.2) is 50.2 Å². The van der Waals surface area contributed by atoms with Crippen molar-refractivity contribution < 1.29 is 21.9 Å². The minimum atomic E-state index is -4.48. The maximum atomic E-state index is 12.1. The van der Waals surface area contributed by atoms with Crippen molar-refractivity contribution in [1.82, 2.24) is 4.31 Å². The Labute approximate surface area is 85.8 Å². The molecule has 0 amide bonds. The molecule has 0 saturated carbocycles. The quantitative estimate of drug-likeness (QED) is 0.684. The lowest BCUT2D eigenvalue weighted by Gasteiger charge is -2.30. The predicted molar refractivity (Wildman–Crippen MR) is 47.0 cm³/mol. The molecule has 1 unspecified atom stereocenters. The first-order valence-electron chi connectivity index (χ1n) is 3.93. The second-order valence-corrected chi connectivity index (χ2v) is 5.02. The van der Waals surface area contributed by atoms with Gasteiger partial charge in [-0.1, -0.05) is 0 Å². The van der Waals surface area contributed by atoms with Crippen molar-refractivity contribution in [2.75, 3.05) is 25.6 Å². The van der Waals surface area contributed by atoms with Crippen molar-refractivity contribution in [3.8, 4) is 0 Å². The number of ether oxygens (including phenoxy) is 1. The maximum absolute atomic E-state index is 12.1. The Hall–Kier alpha value is 0.0200. The molecule has 1 fully saturated rings. The molecule has 8 heteroatoms. The maximum Gasteiger partial charge on any atom is 0.350 e. The highest BCUT2D eigenvalue weighted by Crippen LogP contribution is 2.16. The molecule has 0 spiro atoms. The van der Waals surface area contributed by atoms with E-state index in [0.29, 0.717) is 4.31 Å². The first kappa shape index (κ1) is 12.1. The predicted octanol–water partition coefficient (Wildman–Crippen LogP) is 0.478. The van der Waals surface area contributed by atoms with E-state index in [1.165, 1.54) is 0 Å². The van der Waals surface area contributed by atoms with Gasteiger partial charge in [-0.2, -0.15) is 13.1 Å². The lowest BCUT2D eigenvalue weighted by molar-refractivity contribution is 0.0101. The Bertz CT molecular complexity index is 285. The van der Waals surface area contributed by atoms with Gasteiger partial charge in [-0.25, -0.2) is 8.42 Å². The summed E-state index contributed by atoms with van der Waals surface area (Å²) >= 11 is 5.44. The van der Waals surface area contributed by atoms with Gasteiger partial charge in [-0.05, 0) is 0 Å². The molecule has 4 nitrogen and oxygen atoms in total. The largest absolute Gasteiger partial charge is 0.374 e. The van der Waals surface area contributed by atoms with E-state index < -0.39 is 21.9 Å². The van der Waals surface area contributed by atoms with Crippen LogP contribution in [0, 0.1) is 0 Å². The zero-order chi connectivity index (χ0) is 10.8. The average molecular weight is 250 g/mol. The summed E-state index contributed by atoms with van der Waals surface area (Å²) in [7, 11) is -4.48. The molecule has 0 aromatic carbocycles. The molecule has 0 radical (unpaired) electrons. The summed E-state index contributed by atoms with van der Waals surface area (Å²) in [6, 6.07) is 0. The van der Waals surface area contributed by atoms with Gasteiger partial charge in [0.25, 0.3) is 10.0 Å². The summed E-state index contributed by atoms with van der Waals surface area (Å²) in [6.07, 6.45) is -0.501. The fraction of sp³-hybridized carbons (Fsp3) is 1.00. The molecule has 0 aliphatic carbocycles. The van der Waals surface area contributed by atoms with Crippen LogP contribution in [0.4, 0.5) is 8.78 Å². The van der Waals surface area contributed by atoms with E-state index in [1.807, 2.05) is 0 Å². The molecule has 84 valence electrons. The minimum Gasteiger partial charge on any atom is -0.374 e. The van der Waals surface area contributed by atoms with Gasteiger partial charge in [0.1, 0.15) is 0 Å². The molecule has 14 heavy (non-hydrogen) atoms. The molecule has 1 heterocycles. The smallest absolute Gasteiger partial charge is 0.350 e. The summed E-state index contributed by atoms with van der Waals surface area (Å²) in [5, 5.41) is 0. The van der Waals surface area contributed by atoms with Crippen molar-refractivity contribution in [3.05, 3.63) is 0 Å².